The van der Waals surface area contributed by atoms with Crippen LogP contribution in [0.5, 0.6) is 0 Å². The van der Waals surface area contributed by atoms with Crippen molar-refractivity contribution < 1.29 is 4.79 Å². The molecule has 0 aromatic heterocycles. The van der Waals surface area contributed by atoms with Crippen molar-refractivity contribution >= 4 is 5.91 Å². The Bertz CT molecular complexity index is 195. The number of hydrogen-bond donors (Lipinski definition) is 2. The molecule has 1 amide bonds. The first kappa shape index (κ1) is 18.4. The summed E-state index contributed by atoms with van der Waals surface area (Å²) in [6.45, 7) is 6.99. The van der Waals surface area contributed by atoms with Gasteiger partial charge in [0.2, 0.25) is 5.91 Å². The Morgan fingerprint density at radius 3 is 2.00 bits per heavy atom. The van der Waals surface area contributed by atoms with Crippen LogP contribution in [-0.4, -0.2) is 25.5 Å². The zero-order valence-electron chi connectivity index (χ0n) is 13.1. The molecule has 0 heterocycles. The van der Waals surface area contributed by atoms with E-state index in [-0.39, 0.29) is 5.91 Å². The summed E-state index contributed by atoms with van der Waals surface area (Å²) in [5.74, 6) is 0.172. The molecule has 3 heteroatoms. The van der Waals surface area contributed by atoms with Gasteiger partial charge < -0.3 is 10.6 Å². The summed E-state index contributed by atoms with van der Waals surface area (Å²) in [4.78, 5) is 11.3. The standard InChI is InChI=1S/C16H34N2O/c1-3-5-6-7-8-9-10-11-14-17-15-12-16(19)18-13-4-2/h17H,3-15H2,1-2H3,(H,18,19). The lowest BCUT2D eigenvalue weighted by atomic mass is 10.1. The summed E-state index contributed by atoms with van der Waals surface area (Å²) in [6, 6.07) is 0. The van der Waals surface area contributed by atoms with E-state index in [0.717, 1.165) is 26.1 Å². The highest BCUT2D eigenvalue weighted by Crippen LogP contribution is 2.07. The lowest BCUT2D eigenvalue weighted by Gasteiger charge is -2.05. The molecule has 2 N–H and O–H groups in total. The van der Waals surface area contributed by atoms with E-state index in [2.05, 4.69) is 24.5 Å². The molecule has 0 aliphatic rings. The van der Waals surface area contributed by atoms with Crippen molar-refractivity contribution in [2.45, 2.75) is 78.1 Å². The van der Waals surface area contributed by atoms with Gasteiger partial charge in [-0.1, -0.05) is 58.8 Å². The molecule has 0 rings (SSSR count). The molecular weight excluding hydrogens is 236 g/mol. The second kappa shape index (κ2) is 15.5. The van der Waals surface area contributed by atoms with Crippen LogP contribution in [0.4, 0.5) is 0 Å². The zero-order valence-corrected chi connectivity index (χ0v) is 13.1. The van der Waals surface area contributed by atoms with Crippen LogP contribution in [0.1, 0.15) is 78.1 Å². The minimum atomic E-state index is 0.172. The molecule has 0 aromatic carbocycles. The fraction of sp³-hybridized carbons (Fsp3) is 0.938. The first-order chi connectivity index (χ1) is 9.31. The van der Waals surface area contributed by atoms with Crippen molar-refractivity contribution in [3.05, 3.63) is 0 Å². The highest BCUT2D eigenvalue weighted by molar-refractivity contribution is 5.75. The second-order valence-corrected chi connectivity index (χ2v) is 5.32. The minimum Gasteiger partial charge on any atom is -0.356 e. The van der Waals surface area contributed by atoms with E-state index in [1.165, 1.54) is 51.4 Å². The summed E-state index contributed by atoms with van der Waals surface area (Å²) < 4.78 is 0. The first-order valence-corrected chi connectivity index (χ1v) is 8.28. The van der Waals surface area contributed by atoms with Crippen LogP contribution in [0.15, 0.2) is 0 Å². The topological polar surface area (TPSA) is 41.1 Å². The minimum absolute atomic E-state index is 0.172. The summed E-state index contributed by atoms with van der Waals surface area (Å²) in [5, 5.41) is 6.23. The van der Waals surface area contributed by atoms with Gasteiger partial charge in [0.25, 0.3) is 0 Å². The maximum Gasteiger partial charge on any atom is 0.221 e. The number of amides is 1. The molecule has 0 radical (unpaired) electrons. The van der Waals surface area contributed by atoms with E-state index in [1.807, 2.05) is 0 Å². The monoisotopic (exact) mass is 270 g/mol. The van der Waals surface area contributed by atoms with Crippen molar-refractivity contribution in [2.75, 3.05) is 19.6 Å². The Morgan fingerprint density at radius 2 is 1.37 bits per heavy atom. The van der Waals surface area contributed by atoms with Gasteiger partial charge in [-0.15, -0.1) is 0 Å². The van der Waals surface area contributed by atoms with Crippen molar-refractivity contribution in [1.29, 1.82) is 0 Å². The maximum atomic E-state index is 11.3. The van der Waals surface area contributed by atoms with Crippen LogP contribution in [0.3, 0.4) is 0 Å². The highest BCUT2D eigenvalue weighted by Gasteiger charge is 1.98. The van der Waals surface area contributed by atoms with E-state index in [4.69, 9.17) is 0 Å². The molecular formula is C16H34N2O. The van der Waals surface area contributed by atoms with E-state index < -0.39 is 0 Å². The molecule has 0 fully saturated rings. The Hall–Kier alpha value is -0.570. The number of carbonyl (C=O) groups excluding carboxylic acids is 1. The first-order valence-electron chi connectivity index (χ1n) is 8.28. The summed E-state index contributed by atoms with van der Waals surface area (Å²) in [6.07, 6.45) is 12.5. The summed E-state index contributed by atoms with van der Waals surface area (Å²) >= 11 is 0. The number of nitrogens with one attached hydrogen (secondary N) is 2. The molecule has 3 nitrogen and oxygen atoms in total. The number of hydrogen-bond acceptors (Lipinski definition) is 2. The van der Waals surface area contributed by atoms with Crippen molar-refractivity contribution in [1.82, 2.24) is 10.6 Å². The lowest BCUT2D eigenvalue weighted by Crippen LogP contribution is -2.28. The molecule has 0 spiro atoms. The van der Waals surface area contributed by atoms with Gasteiger partial charge in [0.05, 0.1) is 0 Å². The van der Waals surface area contributed by atoms with Crippen molar-refractivity contribution in [3.63, 3.8) is 0 Å². The Labute approximate surface area is 119 Å². The average molecular weight is 270 g/mol. The predicted molar refractivity (Wildman–Crippen MR) is 83.4 cm³/mol. The van der Waals surface area contributed by atoms with Crippen LogP contribution in [-0.2, 0) is 4.79 Å². The van der Waals surface area contributed by atoms with Crippen molar-refractivity contribution in [2.24, 2.45) is 0 Å². The normalized spacial score (nSPS) is 10.6. The Kier molecular flexibility index (Phi) is 15.0. The van der Waals surface area contributed by atoms with E-state index >= 15 is 0 Å². The van der Waals surface area contributed by atoms with Crippen LogP contribution >= 0.6 is 0 Å². The van der Waals surface area contributed by atoms with Gasteiger partial charge in [0, 0.05) is 19.5 Å². The SMILES string of the molecule is CCCCCCCCCCNCCC(=O)NCCC. The number of unbranched alkanes of at least 4 members (excludes halogenated alkanes) is 7. The van der Waals surface area contributed by atoms with Gasteiger partial charge in [-0.2, -0.15) is 0 Å². The molecule has 0 aliphatic carbocycles. The molecule has 0 bridgehead atoms. The maximum absolute atomic E-state index is 11.3. The molecule has 0 unspecified atom stereocenters. The molecule has 114 valence electrons. The van der Waals surface area contributed by atoms with E-state index in [1.54, 1.807) is 0 Å². The lowest BCUT2D eigenvalue weighted by molar-refractivity contribution is -0.120. The van der Waals surface area contributed by atoms with Crippen LogP contribution in [0.25, 0.3) is 0 Å². The van der Waals surface area contributed by atoms with Crippen LogP contribution in [0, 0.1) is 0 Å². The van der Waals surface area contributed by atoms with Gasteiger partial charge in [0.1, 0.15) is 0 Å². The summed E-state index contributed by atoms with van der Waals surface area (Å²) in [7, 11) is 0. The van der Waals surface area contributed by atoms with Gasteiger partial charge >= 0.3 is 0 Å². The molecule has 0 atom stereocenters. The second-order valence-electron chi connectivity index (χ2n) is 5.32. The third-order valence-electron chi connectivity index (χ3n) is 3.31. The van der Waals surface area contributed by atoms with E-state index in [0.29, 0.717) is 6.42 Å². The molecule has 0 saturated carbocycles. The van der Waals surface area contributed by atoms with Gasteiger partial charge in [0.15, 0.2) is 0 Å². The van der Waals surface area contributed by atoms with Crippen LogP contribution < -0.4 is 10.6 Å². The number of rotatable bonds is 14. The largest absolute Gasteiger partial charge is 0.356 e. The summed E-state index contributed by atoms with van der Waals surface area (Å²) in [5.41, 5.74) is 0. The fourth-order valence-electron chi connectivity index (χ4n) is 2.06. The average Bonchev–Trinajstić information content (AvgIpc) is 2.42. The Morgan fingerprint density at radius 1 is 0.737 bits per heavy atom. The molecule has 19 heavy (non-hydrogen) atoms. The predicted octanol–water partition coefficient (Wildman–Crippen LogP) is 3.63. The fourth-order valence-corrected chi connectivity index (χ4v) is 2.06. The third-order valence-corrected chi connectivity index (χ3v) is 3.31. The molecule has 0 aromatic rings. The highest BCUT2D eigenvalue weighted by atomic mass is 16.1. The third kappa shape index (κ3) is 15.4. The van der Waals surface area contributed by atoms with Gasteiger partial charge in [-0.05, 0) is 19.4 Å². The molecule has 0 aliphatic heterocycles. The van der Waals surface area contributed by atoms with Gasteiger partial charge in [-0.25, -0.2) is 0 Å². The molecule has 0 saturated heterocycles. The quantitative estimate of drug-likeness (QED) is 0.473. The van der Waals surface area contributed by atoms with E-state index in [9.17, 15) is 4.79 Å². The van der Waals surface area contributed by atoms with Crippen LogP contribution in [0.2, 0.25) is 0 Å². The van der Waals surface area contributed by atoms with Gasteiger partial charge in [-0.3, -0.25) is 4.79 Å². The zero-order chi connectivity index (χ0) is 14.2. The number of carbonyl (C=O) groups is 1. The Balaban J connectivity index is 3.04. The smallest absolute Gasteiger partial charge is 0.221 e. The van der Waals surface area contributed by atoms with Crippen molar-refractivity contribution in [3.8, 4) is 0 Å².